The lowest BCUT2D eigenvalue weighted by Crippen LogP contribution is -2.45. The van der Waals surface area contributed by atoms with Gasteiger partial charge in [0.1, 0.15) is 5.54 Å². The van der Waals surface area contributed by atoms with Gasteiger partial charge in [0, 0.05) is 11.8 Å². The van der Waals surface area contributed by atoms with Crippen molar-refractivity contribution < 1.29 is 22.8 Å². The number of alkyl halides is 3. The first-order valence-corrected chi connectivity index (χ1v) is 8.71. The Balaban J connectivity index is 1.64. The van der Waals surface area contributed by atoms with Crippen molar-refractivity contribution in [2.45, 2.75) is 44.4 Å². The zero-order valence-corrected chi connectivity index (χ0v) is 14.8. The van der Waals surface area contributed by atoms with Gasteiger partial charge in [-0.15, -0.1) is 0 Å². The summed E-state index contributed by atoms with van der Waals surface area (Å²) in [6, 6.07) is 4.31. The van der Waals surface area contributed by atoms with E-state index >= 15 is 0 Å². The zero-order valence-electron chi connectivity index (χ0n) is 14.8. The molecule has 2 atom stereocenters. The number of nitrogens with zero attached hydrogens (tertiary/aromatic N) is 2. The molecule has 1 aromatic carbocycles. The second-order valence-corrected chi connectivity index (χ2v) is 7.44. The van der Waals surface area contributed by atoms with Crippen LogP contribution in [0.3, 0.4) is 0 Å². The number of amides is 1. The molecular weight excluding hydrogens is 359 g/mol. The Morgan fingerprint density at radius 3 is 2.52 bits per heavy atom. The van der Waals surface area contributed by atoms with Gasteiger partial charge in [-0.25, -0.2) is 0 Å². The second kappa shape index (κ2) is 5.68. The zero-order chi connectivity index (χ0) is 19.6. The molecule has 1 N–H and O–H groups in total. The van der Waals surface area contributed by atoms with Crippen LogP contribution in [0.5, 0.6) is 0 Å². The van der Waals surface area contributed by atoms with Crippen molar-refractivity contribution in [1.82, 2.24) is 15.1 Å². The van der Waals surface area contributed by atoms with Gasteiger partial charge in [0.25, 0.3) is 5.91 Å². The summed E-state index contributed by atoms with van der Waals surface area (Å²) < 4.78 is 40.1. The number of aromatic nitrogens is 2. The number of rotatable bonds is 3. The highest BCUT2D eigenvalue weighted by Gasteiger charge is 2.57. The van der Waals surface area contributed by atoms with Crippen molar-refractivity contribution >= 4 is 11.7 Å². The van der Waals surface area contributed by atoms with Crippen LogP contribution in [0.2, 0.25) is 0 Å². The Labute approximate surface area is 153 Å². The van der Waals surface area contributed by atoms with Gasteiger partial charge in [-0.2, -0.15) is 18.3 Å². The molecule has 2 unspecified atom stereocenters. The van der Waals surface area contributed by atoms with Gasteiger partial charge in [-0.1, -0.05) is 6.07 Å². The Bertz CT molecular complexity index is 946. The van der Waals surface area contributed by atoms with E-state index in [1.165, 1.54) is 29.9 Å². The van der Waals surface area contributed by atoms with Gasteiger partial charge in [0.15, 0.2) is 11.8 Å². The SMILES string of the molecule is Cc1cc(-c2ccn(C3C(=O)NC(C)(C4CC4)C3=O)n2)ccc1C(F)(F)F. The largest absolute Gasteiger partial charge is 0.416 e. The first-order valence-electron chi connectivity index (χ1n) is 8.71. The van der Waals surface area contributed by atoms with Crippen LogP contribution in [0, 0.1) is 12.8 Å². The topological polar surface area (TPSA) is 64.0 Å². The maximum absolute atomic E-state index is 12.9. The number of benzene rings is 1. The minimum atomic E-state index is -4.41. The van der Waals surface area contributed by atoms with E-state index in [0.717, 1.165) is 18.9 Å². The maximum atomic E-state index is 12.9. The summed E-state index contributed by atoms with van der Waals surface area (Å²) in [5, 5.41) is 7.09. The highest BCUT2D eigenvalue weighted by Crippen LogP contribution is 2.44. The lowest BCUT2D eigenvalue weighted by atomic mass is 9.91. The lowest BCUT2D eigenvalue weighted by molar-refractivity contribution is -0.138. The molecule has 1 saturated carbocycles. The molecule has 1 aromatic heterocycles. The first kappa shape index (κ1) is 17.8. The Kier molecular flexibility index (Phi) is 3.73. The fourth-order valence-electron chi connectivity index (χ4n) is 3.77. The van der Waals surface area contributed by atoms with Crippen molar-refractivity contribution in [3.63, 3.8) is 0 Å². The Hall–Kier alpha value is -2.64. The van der Waals surface area contributed by atoms with E-state index in [9.17, 15) is 22.8 Å². The second-order valence-electron chi connectivity index (χ2n) is 7.44. The van der Waals surface area contributed by atoms with Gasteiger partial charge in [-0.3, -0.25) is 14.3 Å². The molecule has 1 amide bonds. The first-order chi connectivity index (χ1) is 12.6. The van der Waals surface area contributed by atoms with Crippen molar-refractivity contribution in [1.29, 1.82) is 0 Å². The predicted octanol–water partition coefficient (Wildman–Crippen LogP) is 3.29. The number of carbonyl (C=O) groups excluding carboxylic acids is 2. The average molecular weight is 377 g/mol. The highest BCUT2D eigenvalue weighted by molar-refractivity contribution is 6.14. The summed E-state index contributed by atoms with van der Waals surface area (Å²) in [4.78, 5) is 25.2. The van der Waals surface area contributed by atoms with Crippen LogP contribution in [-0.2, 0) is 15.8 Å². The number of nitrogens with one attached hydrogen (secondary N) is 1. The summed E-state index contributed by atoms with van der Waals surface area (Å²) in [6.45, 7) is 3.13. The molecule has 2 fully saturated rings. The molecule has 2 aromatic rings. The quantitative estimate of drug-likeness (QED) is 0.835. The van der Waals surface area contributed by atoms with Crippen LogP contribution < -0.4 is 5.32 Å². The number of aryl methyl sites for hydroxylation is 1. The normalized spacial score (nSPS) is 25.7. The summed E-state index contributed by atoms with van der Waals surface area (Å²) in [5.41, 5.74) is -0.567. The van der Waals surface area contributed by atoms with Gasteiger partial charge in [0.2, 0.25) is 0 Å². The van der Waals surface area contributed by atoms with Crippen LogP contribution in [0.4, 0.5) is 13.2 Å². The van der Waals surface area contributed by atoms with Crippen molar-refractivity contribution in [3.8, 4) is 11.3 Å². The van der Waals surface area contributed by atoms with E-state index in [-0.39, 0.29) is 17.3 Å². The number of ketones is 1. The molecule has 8 heteroatoms. The molecule has 1 aliphatic carbocycles. The van der Waals surface area contributed by atoms with Gasteiger partial charge >= 0.3 is 6.18 Å². The molecule has 2 aliphatic rings. The number of halogens is 3. The molecule has 0 radical (unpaired) electrons. The van der Waals surface area contributed by atoms with E-state index in [2.05, 4.69) is 10.4 Å². The third-order valence-electron chi connectivity index (χ3n) is 5.49. The van der Waals surface area contributed by atoms with Crippen LogP contribution in [0.1, 0.15) is 36.9 Å². The fourth-order valence-corrected chi connectivity index (χ4v) is 3.77. The third kappa shape index (κ3) is 2.83. The summed E-state index contributed by atoms with van der Waals surface area (Å²) in [5.74, 6) is -0.451. The maximum Gasteiger partial charge on any atom is 0.416 e. The van der Waals surface area contributed by atoms with Crippen LogP contribution in [0.25, 0.3) is 11.3 Å². The smallest absolute Gasteiger partial charge is 0.341 e. The highest BCUT2D eigenvalue weighted by atomic mass is 19.4. The fraction of sp³-hybridized carbons (Fsp3) is 0.421. The lowest BCUT2D eigenvalue weighted by Gasteiger charge is -2.21. The molecular formula is C19H18F3N3O2. The van der Waals surface area contributed by atoms with Gasteiger partial charge in [0.05, 0.1) is 11.3 Å². The minimum Gasteiger partial charge on any atom is -0.341 e. The molecule has 142 valence electrons. The average Bonchev–Trinajstić information content (AvgIpc) is 3.28. The van der Waals surface area contributed by atoms with E-state index in [4.69, 9.17) is 0 Å². The number of Topliss-reactive ketones (excluding diaryl/α,β-unsaturated/α-hetero) is 1. The van der Waals surface area contributed by atoms with Crippen molar-refractivity contribution in [3.05, 3.63) is 41.6 Å². The van der Waals surface area contributed by atoms with E-state index in [0.29, 0.717) is 11.3 Å². The van der Waals surface area contributed by atoms with E-state index in [1.54, 1.807) is 13.0 Å². The molecule has 2 heterocycles. The minimum absolute atomic E-state index is 0.0885. The molecule has 0 spiro atoms. The van der Waals surface area contributed by atoms with Gasteiger partial charge < -0.3 is 5.32 Å². The van der Waals surface area contributed by atoms with Crippen LogP contribution >= 0.6 is 0 Å². The van der Waals surface area contributed by atoms with Crippen LogP contribution in [0.15, 0.2) is 30.5 Å². The number of carbonyl (C=O) groups is 2. The van der Waals surface area contributed by atoms with E-state index in [1.807, 2.05) is 0 Å². The molecule has 5 nitrogen and oxygen atoms in total. The van der Waals surface area contributed by atoms with Crippen LogP contribution in [-0.4, -0.2) is 27.0 Å². The van der Waals surface area contributed by atoms with Crippen molar-refractivity contribution in [2.24, 2.45) is 5.92 Å². The predicted molar refractivity (Wildman–Crippen MR) is 90.7 cm³/mol. The Morgan fingerprint density at radius 1 is 1.22 bits per heavy atom. The molecule has 0 bridgehead atoms. The molecule has 4 rings (SSSR count). The number of hydrogen-bond donors (Lipinski definition) is 1. The standard InChI is InChI=1S/C19H18F3N3O2/c1-10-9-11(3-6-13(10)19(20,21)22)14-7-8-25(24-14)15-16(26)18(2,12-4-5-12)23-17(15)27/h3,6-9,12,15H,4-5H2,1-2H3,(H,23,27). The third-order valence-corrected chi connectivity index (χ3v) is 5.49. The van der Waals surface area contributed by atoms with Crippen molar-refractivity contribution in [2.75, 3.05) is 0 Å². The molecule has 1 aliphatic heterocycles. The van der Waals surface area contributed by atoms with Gasteiger partial charge in [-0.05, 0) is 56.4 Å². The molecule has 27 heavy (non-hydrogen) atoms. The molecule has 1 saturated heterocycles. The Morgan fingerprint density at radius 2 is 1.93 bits per heavy atom. The summed E-state index contributed by atoms with van der Waals surface area (Å²) in [7, 11) is 0. The van der Waals surface area contributed by atoms with E-state index < -0.39 is 29.2 Å². The number of hydrogen-bond acceptors (Lipinski definition) is 3. The summed E-state index contributed by atoms with van der Waals surface area (Å²) >= 11 is 0. The monoisotopic (exact) mass is 377 g/mol. The summed E-state index contributed by atoms with van der Waals surface area (Å²) in [6.07, 6.45) is -1.08.